The average Bonchev–Trinajstić information content (AvgIpc) is 3.47. The van der Waals surface area contributed by atoms with E-state index in [-0.39, 0.29) is 0 Å². The fraction of sp³-hybridized carbons (Fsp3) is 0.350. The number of hydrogen-bond acceptors (Lipinski definition) is 7. The van der Waals surface area contributed by atoms with E-state index in [1.807, 2.05) is 18.2 Å². The topological polar surface area (TPSA) is 79.3 Å². The summed E-state index contributed by atoms with van der Waals surface area (Å²) in [6.07, 6.45) is 4.55. The molecule has 0 aromatic carbocycles. The highest BCUT2D eigenvalue weighted by atomic mass is 32.2. The van der Waals surface area contributed by atoms with Gasteiger partial charge in [0.1, 0.15) is 15.7 Å². The van der Waals surface area contributed by atoms with Gasteiger partial charge in [-0.25, -0.2) is 18.4 Å². The van der Waals surface area contributed by atoms with Gasteiger partial charge in [-0.05, 0) is 36.4 Å². The maximum Gasteiger partial charge on any atom is 0.252 e. The summed E-state index contributed by atoms with van der Waals surface area (Å²) in [4.78, 5) is 16.3. The van der Waals surface area contributed by atoms with Gasteiger partial charge in [-0.15, -0.1) is 11.3 Å². The van der Waals surface area contributed by atoms with Crippen LogP contribution in [0.15, 0.2) is 46.1 Å². The molecule has 150 valence electrons. The Hall–Kier alpha value is -2.36. The predicted molar refractivity (Wildman–Crippen MR) is 112 cm³/mol. The lowest BCUT2D eigenvalue weighted by molar-refractivity contribution is 0.388. The van der Waals surface area contributed by atoms with Gasteiger partial charge in [-0.2, -0.15) is 4.31 Å². The molecule has 0 saturated carbocycles. The van der Waals surface area contributed by atoms with Gasteiger partial charge < -0.3 is 4.90 Å². The molecule has 7 nitrogen and oxygen atoms in total. The normalized spacial score (nSPS) is 17.4. The van der Waals surface area contributed by atoms with Crippen LogP contribution in [0.3, 0.4) is 0 Å². The maximum absolute atomic E-state index is 13.1. The first-order valence-corrected chi connectivity index (χ1v) is 12.0. The van der Waals surface area contributed by atoms with Crippen molar-refractivity contribution in [2.75, 3.05) is 24.5 Å². The highest BCUT2D eigenvalue weighted by Gasteiger charge is 2.33. The van der Waals surface area contributed by atoms with E-state index >= 15 is 0 Å². The molecule has 0 spiro atoms. The molecule has 9 heteroatoms. The van der Waals surface area contributed by atoms with Crippen LogP contribution >= 0.6 is 11.3 Å². The van der Waals surface area contributed by atoms with Crippen LogP contribution in [-0.4, -0.2) is 47.3 Å². The lowest BCUT2D eigenvalue weighted by atomic mass is 10.1. The van der Waals surface area contributed by atoms with Gasteiger partial charge in [0.15, 0.2) is 5.82 Å². The Morgan fingerprint density at radius 1 is 1.00 bits per heavy atom. The minimum absolute atomic E-state index is 0.309. The van der Waals surface area contributed by atoms with E-state index < -0.39 is 10.0 Å². The number of fused-ring (bicyclic) bond motifs is 1. The fourth-order valence-corrected chi connectivity index (χ4v) is 6.47. The second kappa shape index (κ2) is 7.47. The molecule has 0 amide bonds. The Balaban J connectivity index is 1.57. The number of rotatable bonds is 4. The largest absolute Gasteiger partial charge is 0.356 e. The van der Waals surface area contributed by atoms with E-state index in [2.05, 4.69) is 9.88 Å². The summed E-state index contributed by atoms with van der Waals surface area (Å²) in [5.74, 6) is 1.47. The Morgan fingerprint density at radius 2 is 1.86 bits per heavy atom. The van der Waals surface area contributed by atoms with Crippen molar-refractivity contribution in [1.82, 2.24) is 19.3 Å². The third-order valence-corrected chi connectivity index (χ3v) is 8.61. The van der Waals surface area contributed by atoms with E-state index in [4.69, 9.17) is 9.97 Å². The summed E-state index contributed by atoms with van der Waals surface area (Å²) < 4.78 is 28.0. The van der Waals surface area contributed by atoms with Crippen LogP contribution < -0.4 is 4.90 Å². The summed E-state index contributed by atoms with van der Waals surface area (Å²) in [6.45, 7) is 2.60. The van der Waals surface area contributed by atoms with Gasteiger partial charge >= 0.3 is 0 Å². The fourth-order valence-electron chi connectivity index (χ4n) is 3.91. The summed E-state index contributed by atoms with van der Waals surface area (Å²) in [6, 6.07) is 9.14. The van der Waals surface area contributed by atoms with E-state index in [1.54, 1.807) is 28.0 Å². The van der Waals surface area contributed by atoms with Gasteiger partial charge in [0.05, 0.1) is 5.69 Å². The lowest BCUT2D eigenvalue weighted by Gasteiger charge is -2.30. The zero-order chi connectivity index (χ0) is 19.8. The molecule has 3 aromatic rings. The molecule has 0 atom stereocenters. The maximum atomic E-state index is 13.1. The molecule has 0 bridgehead atoms. The van der Waals surface area contributed by atoms with Crippen LogP contribution in [0.2, 0.25) is 0 Å². The summed E-state index contributed by atoms with van der Waals surface area (Å²) in [5, 5.41) is 1.79. The third-order valence-electron chi connectivity index (χ3n) is 5.39. The van der Waals surface area contributed by atoms with E-state index in [1.165, 1.54) is 11.3 Å². The minimum Gasteiger partial charge on any atom is -0.356 e. The second-order valence-electron chi connectivity index (χ2n) is 7.23. The van der Waals surface area contributed by atoms with Crippen LogP contribution in [-0.2, 0) is 23.0 Å². The van der Waals surface area contributed by atoms with Gasteiger partial charge in [0.25, 0.3) is 10.0 Å². The lowest BCUT2D eigenvalue weighted by Crippen LogP contribution is -2.37. The minimum atomic E-state index is -3.50. The molecule has 0 N–H and O–H groups in total. The van der Waals surface area contributed by atoms with Crippen LogP contribution in [0, 0.1) is 0 Å². The molecular formula is C20H21N5O2S2. The first-order chi connectivity index (χ1) is 14.1. The van der Waals surface area contributed by atoms with Crippen molar-refractivity contribution in [3.63, 3.8) is 0 Å². The Morgan fingerprint density at radius 3 is 2.59 bits per heavy atom. The molecule has 2 aliphatic rings. The van der Waals surface area contributed by atoms with Crippen molar-refractivity contribution in [3.8, 4) is 11.5 Å². The second-order valence-corrected chi connectivity index (χ2v) is 10.3. The van der Waals surface area contributed by atoms with Crippen molar-refractivity contribution in [2.24, 2.45) is 0 Å². The zero-order valence-electron chi connectivity index (χ0n) is 15.9. The molecule has 1 fully saturated rings. The Labute approximate surface area is 174 Å². The standard InChI is InChI=1S/C20H21N5O2S2/c26-29(27,18-7-5-13-28-18)25-12-8-16-15(14-25)20(24-10-3-4-11-24)23-19(22-16)17-6-1-2-9-21-17/h1-2,5-7,9,13H,3-4,8,10-12,14H2. The van der Waals surface area contributed by atoms with Crippen molar-refractivity contribution in [3.05, 3.63) is 53.2 Å². The van der Waals surface area contributed by atoms with E-state index in [0.29, 0.717) is 29.5 Å². The number of aromatic nitrogens is 3. The number of anilines is 1. The molecule has 1 saturated heterocycles. The third kappa shape index (κ3) is 3.43. The predicted octanol–water partition coefficient (Wildman–Crippen LogP) is 2.95. The Bertz CT molecular complexity index is 1110. The molecule has 0 radical (unpaired) electrons. The summed E-state index contributed by atoms with van der Waals surface area (Å²) in [7, 11) is -3.50. The van der Waals surface area contributed by atoms with E-state index in [0.717, 1.165) is 48.7 Å². The number of nitrogens with zero attached hydrogens (tertiary/aromatic N) is 5. The highest BCUT2D eigenvalue weighted by molar-refractivity contribution is 7.91. The number of thiophene rings is 1. The summed E-state index contributed by atoms with van der Waals surface area (Å²) in [5.41, 5.74) is 2.60. The average molecular weight is 428 g/mol. The van der Waals surface area contributed by atoms with Crippen LogP contribution in [0.1, 0.15) is 24.1 Å². The van der Waals surface area contributed by atoms with Gasteiger partial charge in [0, 0.05) is 44.4 Å². The first-order valence-electron chi connectivity index (χ1n) is 9.73. The quantitative estimate of drug-likeness (QED) is 0.637. The smallest absolute Gasteiger partial charge is 0.252 e. The molecule has 0 aliphatic carbocycles. The zero-order valence-corrected chi connectivity index (χ0v) is 17.5. The monoisotopic (exact) mass is 427 g/mol. The Kier molecular flexibility index (Phi) is 4.81. The molecule has 29 heavy (non-hydrogen) atoms. The molecule has 5 heterocycles. The highest BCUT2D eigenvalue weighted by Crippen LogP contribution is 2.33. The van der Waals surface area contributed by atoms with Crippen molar-refractivity contribution < 1.29 is 8.42 Å². The molecule has 0 unspecified atom stereocenters. The van der Waals surface area contributed by atoms with Crippen molar-refractivity contribution in [1.29, 1.82) is 0 Å². The van der Waals surface area contributed by atoms with Gasteiger partial charge in [-0.1, -0.05) is 12.1 Å². The first kappa shape index (κ1) is 18.7. The number of pyridine rings is 1. The van der Waals surface area contributed by atoms with Crippen LogP contribution in [0.5, 0.6) is 0 Å². The van der Waals surface area contributed by atoms with Gasteiger partial charge in [0.2, 0.25) is 0 Å². The molecule has 5 rings (SSSR count). The van der Waals surface area contributed by atoms with Crippen LogP contribution in [0.25, 0.3) is 11.5 Å². The molecule has 3 aromatic heterocycles. The van der Waals surface area contributed by atoms with Crippen molar-refractivity contribution >= 4 is 27.2 Å². The molecule has 2 aliphatic heterocycles. The SMILES string of the molecule is O=S(=O)(c1cccs1)N1CCc2nc(-c3ccccn3)nc(N3CCCC3)c2C1. The van der Waals surface area contributed by atoms with E-state index in [9.17, 15) is 8.42 Å². The van der Waals surface area contributed by atoms with Crippen molar-refractivity contribution in [2.45, 2.75) is 30.0 Å². The van der Waals surface area contributed by atoms with Gasteiger partial charge in [-0.3, -0.25) is 4.98 Å². The summed E-state index contributed by atoms with van der Waals surface area (Å²) >= 11 is 1.25. The number of hydrogen-bond donors (Lipinski definition) is 0. The van der Waals surface area contributed by atoms with Crippen LogP contribution in [0.4, 0.5) is 5.82 Å². The number of sulfonamides is 1. The molecular weight excluding hydrogens is 406 g/mol.